The molecule has 1 aliphatic carbocycles. The lowest BCUT2D eigenvalue weighted by Crippen LogP contribution is -2.46. The Morgan fingerprint density at radius 2 is 2.00 bits per heavy atom. The van der Waals surface area contributed by atoms with E-state index in [0.717, 1.165) is 19.3 Å². The van der Waals surface area contributed by atoms with Gasteiger partial charge in [0.1, 0.15) is 5.75 Å². The summed E-state index contributed by atoms with van der Waals surface area (Å²) >= 11 is 5.94. The monoisotopic (exact) mass is 353 g/mol. The minimum atomic E-state index is -0.846. The molecule has 1 aromatic rings. The van der Waals surface area contributed by atoms with Crippen molar-refractivity contribution >= 4 is 23.5 Å². The van der Waals surface area contributed by atoms with E-state index in [1.807, 2.05) is 0 Å². The number of rotatable bonds is 6. The number of hydrogen-bond acceptors (Lipinski definition) is 4. The molecule has 1 aliphatic rings. The average molecular weight is 354 g/mol. The summed E-state index contributed by atoms with van der Waals surface area (Å²) in [7, 11) is 0. The van der Waals surface area contributed by atoms with Crippen molar-refractivity contribution in [3.63, 3.8) is 0 Å². The van der Waals surface area contributed by atoms with E-state index in [9.17, 15) is 9.59 Å². The maximum Gasteiger partial charge on any atom is 0.344 e. The molecule has 0 spiro atoms. The summed E-state index contributed by atoms with van der Waals surface area (Å²) in [6, 6.07) is 7.02. The van der Waals surface area contributed by atoms with Gasteiger partial charge in [-0.3, -0.25) is 4.79 Å². The fourth-order valence-electron chi connectivity index (χ4n) is 2.81. The predicted molar refractivity (Wildman–Crippen MR) is 92.1 cm³/mol. The molecule has 132 valence electrons. The van der Waals surface area contributed by atoms with Crippen LogP contribution in [0.1, 0.15) is 39.5 Å². The normalized spacial score (nSPS) is 21.6. The van der Waals surface area contributed by atoms with Crippen molar-refractivity contribution in [2.45, 2.75) is 51.7 Å². The van der Waals surface area contributed by atoms with Crippen LogP contribution in [-0.2, 0) is 14.3 Å². The van der Waals surface area contributed by atoms with E-state index in [1.54, 1.807) is 31.2 Å². The second-order valence-corrected chi connectivity index (χ2v) is 6.64. The largest absolute Gasteiger partial charge is 0.480 e. The van der Waals surface area contributed by atoms with Gasteiger partial charge in [0, 0.05) is 6.04 Å². The molecule has 1 aromatic carbocycles. The Hall–Kier alpha value is -1.75. The molecular weight excluding hydrogens is 330 g/mol. The highest BCUT2D eigenvalue weighted by Gasteiger charge is 2.26. The summed E-state index contributed by atoms with van der Waals surface area (Å²) in [6.07, 6.45) is 3.57. The summed E-state index contributed by atoms with van der Waals surface area (Å²) in [5.41, 5.74) is 0. The summed E-state index contributed by atoms with van der Waals surface area (Å²) < 4.78 is 10.4. The number of benzene rings is 1. The first-order valence-electron chi connectivity index (χ1n) is 8.34. The molecular formula is C18H24ClNO4. The molecule has 24 heavy (non-hydrogen) atoms. The third-order valence-corrected chi connectivity index (χ3v) is 4.61. The highest BCUT2D eigenvalue weighted by atomic mass is 35.5. The molecule has 1 amide bonds. The fourth-order valence-corrected chi connectivity index (χ4v) is 3.00. The second-order valence-electron chi connectivity index (χ2n) is 6.23. The first kappa shape index (κ1) is 18.6. The lowest BCUT2D eigenvalue weighted by molar-refractivity contribution is -0.157. The van der Waals surface area contributed by atoms with Crippen molar-refractivity contribution in [1.82, 2.24) is 5.32 Å². The standard InChI is InChI=1S/C18H24ClNO4/c1-12-7-3-5-9-15(12)20-18(22)13(2)24-17(21)11-23-16-10-6-4-8-14(16)19/h4,6,8,10,12-13,15H,3,5,7,9,11H2,1-2H3,(H,20,22)/t12-,13+,15-/m0/s1. The van der Waals surface area contributed by atoms with Gasteiger partial charge in [-0.2, -0.15) is 0 Å². The lowest BCUT2D eigenvalue weighted by atomic mass is 9.86. The van der Waals surface area contributed by atoms with E-state index in [2.05, 4.69) is 12.2 Å². The molecule has 1 saturated carbocycles. The molecule has 5 nitrogen and oxygen atoms in total. The summed E-state index contributed by atoms with van der Waals surface area (Å²) in [6.45, 7) is 3.41. The van der Waals surface area contributed by atoms with Crippen molar-refractivity contribution < 1.29 is 19.1 Å². The maximum atomic E-state index is 12.2. The Balaban J connectivity index is 1.76. The van der Waals surface area contributed by atoms with Crippen LogP contribution in [0.2, 0.25) is 5.02 Å². The molecule has 6 heteroatoms. The Bertz CT molecular complexity index is 578. The smallest absolute Gasteiger partial charge is 0.344 e. The van der Waals surface area contributed by atoms with Crippen LogP contribution >= 0.6 is 11.6 Å². The van der Waals surface area contributed by atoms with Crippen LogP contribution < -0.4 is 10.1 Å². The highest BCUT2D eigenvalue weighted by Crippen LogP contribution is 2.24. The minimum absolute atomic E-state index is 0.159. The van der Waals surface area contributed by atoms with Gasteiger partial charge in [0.15, 0.2) is 12.7 Å². The fraction of sp³-hybridized carbons (Fsp3) is 0.556. The molecule has 1 N–H and O–H groups in total. The molecule has 0 aromatic heterocycles. The number of amides is 1. The first-order valence-corrected chi connectivity index (χ1v) is 8.72. The molecule has 0 radical (unpaired) electrons. The molecule has 0 heterocycles. The quantitative estimate of drug-likeness (QED) is 0.796. The van der Waals surface area contributed by atoms with Gasteiger partial charge >= 0.3 is 5.97 Å². The number of ether oxygens (including phenoxy) is 2. The van der Waals surface area contributed by atoms with Crippen molar-refractivity contribution in [2.75, 3.05) is 6.61 Å². The zero-order valence-corrected chi connectivity index (χ0v) is 14.8. The first-order chi connectivity index (χ1) is 11.5. The highest BCUT2D eigenvalue weighted by molar-refractivity contribution is 6.32. The zero-order valence-electron chi connectivity index (χ0n) is 14.1. The molecule has 0 saturated heterocycles. The number of esters is 1. The molecule has 0 unspecified atom stereocenters. The van der Waals surface area contributed by atoms with E-state index < -0.39 is 12.1 Å². The lowest BCUT2D eigenvalue weighted by Gasteiger charge is -2.30. The molecule has 2 rings (SSSR count). The number of halogens is 1. The topological polar surface area (TPSA) is 64.6 Å². The number of para-hydroxylation sites is 1. The number of hydrogen-bond donors (Lipinski definition) is 1. The Kier molecular flexibility index (Phi) is 6.91. The number of carbonyl (C=O) groups excluding carboxylic acids is 2. The maximum absolute atomic E-state index is 12.2. The molecule has 0 bridgehead atoms. The SMILES string of the molecule is C[C@@H](OC(=O)COc1ccccc1Cl)C(=O)N[C@H]1CCCC[C@@H]1C. The van der Waals surface area contributed by atoms with Crippen LogP contribution in [0.5, 0.6) is 5.75 Å². The van der Waals surface area contributed by atoms with E-state index >= 15 is 0 Å². The van der Waals surface area contributed by atoms with Gasteiger partial charge in [0.05, 0.1) is 5.02 Å². The summed E-state index contributed by atoms with van der Waals surface area (Å²) in [5, 5.41) is 3.40. The summed E-state index contributed by atoms with van der Waals surface area (Å²) in [5.74, 6) is -0.00693. The van der Waals surface area contributed by atoms with Gasteiger partial charge in [-0.1, -0.05) is 43.5 Å². The van der Waals surface area contributed by atoms with Crippen LogP contribution in [0, 0.1) is 5.92 Å². The van der Waals surface area contributed by atoms with E-state index in [1.165, 1.54) is 6.42 Å². The van der Waals surface area contributed by atoms with Crippen LogP contribution in [0.25, 0.3) is 0 Å². The molecule has 3 atom stereocenters. The minimum Gasteiger partial charge on any atom is -0.480 e. The zero-order chi connectivity index (χ0) is 17.5. The Morgan fingerprint density at radius 3 is 2.71 bits per heavy atom. The van der Waals surface area contributed by atoms with E-state index in [-0.39, 0.29) is 18.6 Å². The Morgan fingerprint density at radius 1 is 1.29 bits per heavy atom. The average Bonchev–Trinajstić information content (AvgIpc) is 2.56. The number of carbonyl (C=O) groups is 2. The van der Waals surface area contributed by atoms with Gasteiger partial charge < -0.3 is 14.8 Å². The predicted octanol–water partition coefficient (Wildman–Crippen LogP) is 3.35. The van der Waals surface area contributed by atoms with Gasteiger partial charge in [0.25, 0.3) is 5.91 Å². The van der Waals surface area contributed by atoms with E-state index in [4.69, 9.17) is 21.1 Å². The number of nitrogens with one attached hydrogen (secondary N) is 1. The molecule has 1 fully saturated rings. The second kappa shape index (κ2) is 8.92. The Labute approximate surface area is 147 Å². The van der Waals surface area contributed by atoms with Crippen molar-refractivity contribution in [3.05, 3.63) is 29.3 Å². The van der Waals surface area contributed by atoms with Crippen molar-refractivity contribution in [1.29, 1.82) is 0 Å². The van der Waals surface area contributed by atoms with Crippen LogP contribution in [0.15, 0.2) is 24.3 Å². The van der Waals surface area contributed by atoms with Gasteiger partial charge in [-0.25, -0.2) is 4.79 Å². The third kappa shape index (κ3) is 5.41. The van der Waals surface area contributed by atoms with Gasteiger partial charge in [-0.15, -0.1) is 0 Å². The summed E-state index contributed by atoms with van der Waals surface area (Å²) in [4.78, 5) is 24.0. The van der Waals surface area contributed by atoms with Gasteiger partial charge in [-0.05, 0) is 37.8 Å². The molecule has 0 aliphatic heterocycles. The third-order valence-electron chi connectivity index (χ3n) is 4.30. The van der Waals surface area contributed by atoms with E-state index in [0.29, 0.717) is 16.7 Å². The van der Waals surface area contributed by atoms with Crippen molar-refractivity contribution in [3.8, 4) is 5.75 Å². The van der Waals surface area contributed by atoms with Crippen LogP contribution in [0.3, 0.4) is 0 Å². The van der Waals surface area contributed by atoms with Crippen molar-refractivity contribution in [2.24, 2.45) is 5.92 Å². The van der Waals surface area contributed by atoms with Crippen LogP contribution in [-0.4, -0.2) is 30.6 Å². The van der Waals surface area contributed by atoms with Gasteiger partial charge in [0.2, 0.25) is 0 Å². The van der Waals surface area contributed by atoms with Crippen LogP contribution in [0.4, 0.5) is 0 Å².